The smallest absolute Gasteiger partial charge is 0.226 e. The van der Waals surface area contributed by atoms with Crippen molar-refractivity contribution in [2.45, 2.75) is 0 Å². The van der Waals surface area contributed by atoms with Crippen molar-refractivity contribution in [3.8, 4) is 0 Å². The molecule has 2 aromatic heterocycles. The molecule has 0 aromatic carbocycles. The fraction of sp³-hybridized carbons (Fsp3) is 0.250. The number of hydrogen-bond acceptors (Lipinski definition) is 9. The molecule has 2 aliphatic rings. The third-order valence-electron chi connectivity index (χ3n) is 4.61. The van der Waals surface area contributed by atoms with Crippen LogP contribution in [0, 0.1) is 5.41 Å². The van der Waals surface area contributed by atoms with Gasteiger partial charge in [0.05, 0.1) is 31.7 Å². The molecule has 0 unspecified atom stereocenters. The van der Waals surface area contributed by atoms with E-state index in [0.717, 1.165) is 18.7 Å². The number of nitrogens with two attached hydrogens (primary N) is 1. The number of rotatable bonds is 4. The number of nitrogens with zero attached hydrogens (tertiary/aromatic N) is 5. The van der Waals surface area contributed by atoms with Gasteiger partial charge in [-0.3, -0.25) is 0 Å². The van der Waals surface area contributed by atoms with Crippen molar-refractivity contribution in [3.63, 3.8) is 0 Å². The van der Waals surface area contributed by atoms with Crippen molar-refractivity contribution < 1.29 is 9.47 Å². The molecule has 0 radical (unpaired) electrons. The Labute approximate surface area is 168 Å². The van der Waals surface area contributed by atoms with Gasteiger partial charge in [0.1, 0.15) is 5.69 Å². The second-order valence-electron chi connectivity index (χ2n) is 6.43. The zero-order valence-corrected chi connectivity index (χ0v) is 16.0. The summed E-state index contributed by atoms with van der Waals surface area (Å²) in [6.45, 7) is 2.77. The van der Waals surface area contributed by atoms with Crippen LogP contribution in [0.3, 0.4) is 0 Å². The van der Waals surface area contributed by atoms with E-state index in [1.807, 2.05) is 12.2 Å². The lowest BCUT2D eigenvalue weighted by molar-refractivity contribution is 0.122. The van der Waals surface area contributed by atoms with Crippen LogP contribution in [-0.4, -0.2) is 59.1 Å². The number of allylic oxidation sites excluding steroid dienone is 5. The highest BCUT2D eigenvalue weighted by molar-refractivity contribution is 6.16. The van der Waals surface area contributed by atoms with Gasteiger partial charge in [-0.05, 0) is 24.3 Å². The van der Waals surface area contributed by atoms with E-state index in [-0.39, 0.29) is 5.95 Å². The molecule has 1 aliphatic heterocycles. The van der Waals surface area contributed by atoms with E-state index in [1.165, 1.54) is 0 Å². The van der Waals surface area contributed by atoms with E-state index in [2.05, 4.69) is 24.8 Å². The Morgan fingerprint density at radius 2 is 1.93 bits per heavy atom. The van der Waals surface area contributed by atoms with E-state index in [4.69, 9.17) is 20.6 Å². The van der Waals surface area contributed by atoms with Gasteiger partial charge in [-0.2, -0.15) is 0 Å². The molecule has 3 heterocycles. The summed E-state index contributed by atoms with van der Waals surface area (Å²) in [6, 6.07) is 3.55. The molecule has 0 saturated carbocycles. The molecular weight excluding hydrogens is 370 g/mol. The van der Waals surface area contributed by atoms with Gasteiger partial charge in [0.15, 0.2) is 5.76 Å². The third-order valence-corrected chi connectivity index (χ3v) is 4.61. The molecule has 2 aromatic rings. The van der Waals surface area contributed by atoms with E-state index < -0.39 is 0 Å². The normalized spacial score (nSPS) is 18.4. The Bertz CT molecular complexity index is 1020. The summed E-state index contributed by atoms with van der Waals surface area (Å²) in [6.07, 6.45) is 8.67. The highest BCUT2D eigenvalue weighted by atomic mass is 16.5. The highest BCUT2D eigenvalue weighted by Gasteiger charge is 2.20. The van der Waals surface area contributed by atoms with Crippen LogP contribution >= 0.6 is 0 Å². The quantitative estimate of drug-likeness (QED) is 0.755. The number of nitrogen functional groups attached to an aromatic ring is 1. The SMILES string of the molecule is CO/C(=C1/C=C(c2ccnc(N)n2)C=CC1=N)c1ccnc(N2CCOCC2)n1. The van der Waals surface area contributed by atoms with Crippen molar-refractivity contribution in [2.24, 2.45) is 0 Å². The first-order chi connectivity index (χ1) is 14.2. The molecule has 1 fully saturated rings. The number of anilines is 2. The number of ether oxygens (including phenoxy) is 2. The van der Waals surface area contributed by atoms with Crippen LogP contribution in [0.2, 0.25) is 0 Å². The Balaban J connectivity index is 1.75. The van der Waals surface area contributed by atoms with Crippen molar-refractivity contribution in [1.82, 2.24) is 19.9 Å². The number of nitrogens with one attached hydrogen (secondary N) is 1. The molecule has 0 amide bonds. The minimum Gasteiger partial charge on any atom is -0.494 e. The van der Waals surface area contributed by atoms with Gasteiger partial charge in [0, 0.05) is 36.6 Å². The van der Waals surface area contributed by atoms with E-state index in [0.29, 0.717) is 47.6 Å². The molecule has 148 valence electrons. The minimum absolute atomic E-state index is 0.195. The molecule has 3 N–H and O–H groups in total. The Kier molecular flexibility index (Phi) is 5.30. The van der Waals surface area contributed by atoms with Crippen LogP contribution in [0.5, 0.6) is 0 Å². The lowest BCUT2D eigenvalue weighted by atomic mass is 9.96. The van der Waals surface area contributed by atoms with Gasteiger partial charge in [0.2, 0.25) is 11.9 Å². The third kappa shape index (κ3) is 3.99. The molecule has 1 aliphatic carbocycles. The first kappa shape index (κ1) is 18.8. The zero-order chi connectivity index (χ0) is 20.2. The Morgan fingerprint density at radius 3 is 2.69 bits per heavy atom. The fourth-order valence-electron chi connectivity index (χ4n) is 3.17. The van der Waals surface area contributed by atoms with E-state index >= 15 is 0 Å². The maximum Gasteiger partial charge on any atom is 0.226 e. The molecule has 1 saturated heterocycles. The average Bonchev–Trinajstić information content (AvgIpc) is 2.76. The molecular formula is C20H21N7O2. The van der Waals surface area contributed by atoms with Gasteiger partial charge in [-0.15, -0.1) is 0 Å². The van der Waals surface area contributed by atoms with Crippen molar-refractivity contribution in [2.75, 3.05) is 44.0 Å². The molecule has 0 atom stereocenters. The summed E-state index contributed by atoms with van der Waals surface area (Å²) >= 11 is 0. The predicted octanol–water partition coefficient (Wildman–Crippen LogP) is 1.72. The number of methoxy groups -OCH3 is 1. The van der Waals surface area contributed by atoms with Gasteiger partial charge in [-0.1, -0.05) is 6.08 Å². The van der Waals surface area contributed by atoms with Gasteiger partial charge in [0.25, 0.3) is 0 Å². The van der Waals surface area contributed by atoms with Crippen LogP contribution in [-0.2, 0) is 9.47 Å². The molecule has 4 rings (SSSR count). The average molecular weight is 391 g/mol. The number of morpholine rings is 1. The van der Waals surface area contributed by atoms with Crippen LogP contribution < -0.4 is 10.6 Å². The summed E-state index contributed by atoms with van der Waals surface area (Å²) in [7, 11) is 1.57. The predicted molar refractivity (Wildman–Crippen MR) is 110 cm³/mol. The van der Waals surface area contributed by atoms with Gasteiger partial charge < -0.3 is 25.5 Å². The molecule has 0 bridgehead atoms. The van der Waals surface area contributed by atoms with Crippen molar-refractivity contribution in [1.29, 1.82) is 5.41 Å². The Hall–Kier alpha value is -3.59. The number of hydrogen-bond donors (Lipinski definition) is 2. The van der Waals surface area contributed by atoms with Gasteiger partial charge >= 0.3 is 0 Å². The first-order valence-electron chi connectivity index (χ1n) is 9.17. The summed E-state index contributed by atoms with van der Waals surface area (Å²) in [4.78, 5) is 19.3. The molecule has 29 heavy (non-hydrogen) atoms. The lowest BCUT2D eigenvalue weighted by Crippen LogP contribution is -2.37. The summed E-state index contributed by atoms with van der Waals surface area (Å²) in [5.41, 5.74) is 8.72. The van der Waals surface area contributed by atoms with Crippen LogP contribution in [0.1, 0.15) is 11.4 Å². The van der Waals surface area contributed by atoms with Crippen LogP contribution in [0.15, 0.2) is 48.3 Å². The zero-order valence-electron chi connectivity index (χ0n) is 16.0. The Morgan fingerprint density at radius 1 is 1.14 bits per heavy atom. The van der Waals surface area contributed by atoms with Gasteiger partial charge in [-0.25, -0.2) is 19.9 Å². The second kappa shape index (κ2) is 8.19. The summed E-state index contributed by atoms with van der Waals surface area (Å²) in [5.74, 6) is 1.31. The van der Waals surface area contributed by atoms with E-state index in [9.17, 15) is 0 Å². The summed E-state index contributed by atoms with van der Waals surface area (Å²) < 4.78 is 11.1. The minimum atomic E-state index is 0.195. The highest BCUT2D eigenvalue weighted by Crippen LogP contribution is 2.28. The van der Waals surface area contributed by atoms with E-state index in [1.54, 1.807) is 37.7 Å². The maximum atomic E-state index is 8.38. The largest absolute Gasteiger partial charge is 0.494 e. The van der Waals surface area contributed by atoms with Crippen LogP contribution in [0.25, 0.3) is 11.3 Å². The maximum absolute atomic E-state index is 8.38. The first-order valence-corrected chi connectivity index (χ1v) is 9.17. The lowest BCUT2D eigenvalue weighted by Gasteiger charge is -2.27. The number of aromatic nitrogens is 4. The molecule has 9 heteroatoms. The topological polar surface area (TPSA) is 123 Å². The second-order valence-corrected chi connectivity index (χ2v) is 6.43. The van der Waals surface area contributed by atoms with Crippen molar-refractivity contribution >= 4 is 28.9 Å². The monoisotopic (exact) mass is 391 g/mol. The van der Waals surface area contributed by atoms with Crippen molar-refractivity contribution in [3.05, 3.63) is 59.7 Å². The molecule has 9 nitrogen and oxygen atoms in total. The molecule has 0 spiro atoms. The van der Waals surface area contributed by atoms with Crippen LogP contribution in [0.4, 0.5) is 11.9 Å². The standard InChI is InChI=1S/C20H21N7O2/c1-28-18(17-5-7-24-20(26-17)27-8-10-29-11-9-27)14-12-13(2-3-15(14)21)16-4-6-23-19(22)25-16/h2-7,12,21H,8-11H2,1H3,(H2,22,23,25)/b18-14-,21-15?. The fourth-order valence-corrected chi connectivity index (χ4v) is 3.17. The summed E-state index contributed by atoms with van der Waals surface area (Å²) in [5, 5.41) is 8.38.